The van der Waals surface area contributed by atoms with Gasteiger partial charge in [-0.15, -0.1) is 0 Å². The minimum atomic E-state index is -0.624. The fourth-order valence-corrected chi connectivity index (χ4v) is 3.36. The molecule has 0 unspecified atom stereocenters. The number of hydrogen-bond acceptors (Lipinski definition) is 7. The Bertz CT molecular complexity index is 979. The summed E-state index contributed by atoms with van der Waals surface area (Å²) in [5, 5.41) is 6.99. The lowest BCUT2D eigenvalue weighted by Gasteiger charge is -2.13. The molecule has 30 heavy (non-hydrogen) atoms. The number of benzene rings is 1. The Morgan fingerprint density at radius 1 is 1.20 bits per heavy atom. The predicted molar refractivity (Wildman–Crippen MR) is 111 cm³/mol. The van der Waals surface area contributed by atoms with Crippen LogP contribution in [0.25, 0.3) is 0 Å². The van der Waals surface area contributed by atoms with Gasteiger partial charge in [-0.05, 0) is 38.8 Å². The average Bonchev–Trinajstić information content (AvgIpc) is 3.09. The highest BCUT2D eigenvalue weighted by Crippen LogP contribution is 2.32. The lowest BCUT2D eigenvalue weighted by atomic mass is 9.93. The first-order valence-corrected chi connectivity index (χ1v) is 9.63. The summed E-state index contributed by atoms with van der Waals surface area (Å²) in [6, 6.07) is 5.12. The maximum absolute atomic E-state index is 12.9. The van der Waals surface area contributed by atoms with E-state index in [2.05, 4.69) is 15.8 Å². The van der Waals surface area contributed by atoms with Gasteiger partial charge in [0.1, 0.15) is 17.3 Å². The molecule has 1 aromatic heterocycles. The van der Waals surface area contributed by atoms with Crippen LogP contribution in [0.15, 0.2) is 27.7 Å². The fraction of sp³-hybridized carbons (Fsp3) is 0.381. The summed E-state index contributed by atoms with van der Waals surface area (Å²) in [6.45, 7) is 3.77. The quantitative estimate of drug-likeness (QED) is 0.697. The van der Waals surface area contributed by atoms with Crippen molar-refractivity contribution in [3.05, 3.63) is 40.8 Å². The molecule has 160 valence electrons. The zero-order valence-electron chi connectivity index (χ0n) is 17.5. The van der Waals surface area contributed by atoms with Crippen molar-refractivity contribution in [3.63, 3.8) is 0 Å². The summed E-state index contributed by atoms with van der Waals surface area (Å²) in [5.74, 6) is 1.53. The van der Waals surface area contributed by atoms with Gasteiger partial charge in [0.05, 0.1) is 32.2 Å². The number of amides is 2. The van der Waals surface area contributed by atoms with Crippen molar-refractivity contribution in [3.8, 4) is 11.5 Å². The Kier molecular flexibility index (Phi) is 6.61. The molecule has 0 aliphatic heterocycles. The van der Waals surface area contributed by atoms with Gasteiger partial charge in [0.15, 0.2) is 5.76 Å². The van der Waals surface area contributed by atoms with Crippen LogP contribution in [-0.2, 0) is 11.2 Å². The van der Waals surface area contributed by atoms with Crippen molar-refractivity contribution in [2.45, 2.75) is 33.1 Å². The summed E-state index contributed by atoms with van der Waals surface area (Å²) in [5.41, 5.74) is 4.92. The third-order valence-corrected chi connectivity index (χ3v) is 4.74. The number of rotatable bonds is 6. The fourth-order valence-electron chi connectivity index (χ4n) is 3.36. The second-order valence-corrected chi connectivity index (χ2v) is 6.62. The number of aryl methyl sites for hydroxylation is 1. The second kappa shape index (κ2) is 9.34. The number of methoxy groups -OCH3 is 2. The maximum atomic E-state index is 12.9. The van der Waals surface area contributed by atoms with Crippen LogP contribution in [0.4, 0.5) is 10.5 Å². The third kappa shape index (κ3) is 4.40. The first-order valence-electron chi connectivity index (χ1n) is 9.63. The van der Waals surface area contributed by atoms with Gasteiger partial charge in [-0.25, -0.2) is 10.2 Å². The molecule has 1 heterocycles. The van der Waals surface area contributed by atoms with E-state index < -0.39 is 12.0 Å². The van der Waals surface area contributed by atoms with Crippen LogP contribution in [0.3, 0.4) is 0 Å². The van der Waals surface area contributed by atoms with Crippen LogP contribution in [0.5, 0.6) is 11.5 Å². The highest BCUT2D eigenvalue weighted by atomic mass is 16.5. The molecule has 0 radical (unpaired) electrons. The number of ether oxygens (including phenoxy) is 3. The summed E-state index contributed by atoms with van der Waals surface area (Å²) in [6.07, 6.45) is 1.52. The van der Waals surface area contributed by atoms with E-state index in [0.717, 1.165) is 12.0 Å². The first-order chi connectivity index (χ1) is 14.5. The Balaban J connectivity index is 1.88. The van der Waals surface area contributed by atoms with Crippen LogP contribution < -0.4 is 20.2 Å². The van der Waals surface area contributed by atoms with Crippen LogP contribution in [0.1, 0.15) is 47.2 Å². The van der Waals surface area contributed by atoms with Crippen molar-refractivity contribution < 1.29 is 28.2 Å². The smallest absolute Gasteiger partial charge is 0.427 e. The Morgan fingerprint density at radius 2 is 2.00 bits per heavy atom. The Labute approximate surface area is 174 Å². The maximum Gasteiger partial charge on any atom is 0.427 e. The van der Waals surface area contributed by atoms with Crippen molar-refractivity contribution in [1.82, 2.24) is 5.43 Å². The number of hydrazone groups is 1. The number of anilines is 1. The standard InChI is InChI=1S/C21H25N3O6/c1-5-29-21(26)24-23-14-7-6-8-17-18(14)12(2)19(30-17)20(25)22-15-11-13(27-3)9-10-16(15)28-4/h9-11H,5-8H2,1-4H3,(H,22,25)(H,24,26)/b23-14+. The number of hydrogen-bond donors (Lipinski definition) is 2. The van der Waals surface area contributed by atoms with Crippen molar-refractivity contribution in [2.24, 2.45) is 5.10 Å². The van der Waals surface area contributed by atoms with Crippen molar-refractivity contribution >= 4 is 23.4 Å². The molecule has 1 aliphatic rings. The third-order valence-electron chi connectivity index (χ3n) is 4.74. The molecule has 0 spiro atoms. The largest absolute Gasteiger partial charge is 0.497 e. The topological polar surface area (TPSA) is 111 Å². The molecule has 3 rings (SSSR count). The van der Waals surface area contributed by atoms with Gasteiger partial charge in [-0.3, -0.25) is 4.79 Å². The minimum absolute atomic E-state index is 0.190. The SMILES string of the molecule is CCOC(=O)N/N=C1\CCCc2oc(C(=O)Nc3cc(OC)ccc3OC)c(C)c21. The van der Waals surface area contributed by atoms with E-state index in [0.29, 0.717) is 47.1 Å². The van der Waals surface area contributed by atoms with Gasteiger partial charge in [-0.2, -0.15) is 5.10 Å². The first kappa shape index (κ1) is 21.2. The highest BCUT2D eigenvalue weighted by Gasteiger charge is 2.28. The number of carbonyl (C=O) groups excluding carboxylic acids is 2. The summed E-state index contributed by atoms with van der Waals surface area (Å²) < 4.78 is 21.2. The zero-order chi connectivity index (χ0) is 21.7. The monoisotopic (exact) mass is 415 g/mol. The molecule has 2 aromatic rings. The van der Waals surface area contributed by atoms with E-state index in [1.165, 1.54) is 7.11 Å². The normalized spacial score (nSPS) is 14.1. The molecule has 0 saturated carbocycles. The number of carbonyl (C=O) groups is 2. The van der Waals surface area contributed by atoms with Gasteiger partial charge < -0.3 is 23.9 Å². The Morgan fingerprint density at radius 3 is 2.70 bits per heavy atom. The van der Waals surface area contributed by atoms with Crippen LogP contribution in [-0.4, -0.2) is 38.5 Å². The highest BCUT2D eigenvalue weighted by molar-refractivity contribution is 6.09. The van der Waals surface area contributed by atoms with E-state index in [4.69, 9.17) is 18.6 Å². The lowest BCUT2D eigenvalue weighted by molar-refractivity contribution is 0.0993. The number of furan rings is 1. The molecule has 0 saturated heterocycles. The van der Waals surface area contributed by atoms with Crippen molar-refractivity contribution in [1.29, 1.82) is 0 Å². The van der Waals surface area contributed by atoms with E-state index in [9.17, 15) is 9.59 Å². The molecule has 0 atom stereocenters. The van der Waals surface area contributed by atoms with Crippen LogP contribution >= 0.6 is 0 Å². The van der Waals surface area contributed by atoms with Gasteiger partial charge in [0.2, 0.25) is 0 Å². The summed E-state index contributed by atoms with van der Waals surface area (Å²) >= 11 is 0. The van der Waals surface area contributed by atoms with Gasteiger partial charge in [0.25, 0.3) is 5.91 Å². The Hall–Kier alpha value is -3.49. The zero-order valence-corrected chi connectivity index (χ0v) is 17.5. The minimum Gasteiger partial charge on any atom is -0.497 e. The molecule has 9 heteroatoms. The average molecular weight is 415 g/mol. The molecule has 1 aromatic carbocycles. The van der Waals surface area contributed by atoms with Crippen LogP contribution in [0.2, 0.25) is 0 Å². The van der Waals surface area contributed by atoms with E-state index in [1.807, 2.05) is 0 Å². The molecule has 9 nitrogen and oxygen atoms in total. The summed E-state index contributed by atoms with van der Waals surface area (Å²) in [4.78, 5) is 24.5. The van der Waals surface area contributed by atoms with Gasteiger partial charge >= 0.3 is 6.09 Å². The molecule has 0 fully saturated rings. The predicted octanol–water partition coefficient (Wildman–Crippen LogP) is 3.64. The van der Waals surface area contributed by atoms with Crippen LogP contribution in [0, 0.1) is 6.92 Å². The lowest BCUT2D eigenvalue weighted by Crippen LogP contribution is -2.22. The molecule has 2 amide bonds. The van der Waals surface area contributed by atoms with E-state index >= 15 is 0 Å². The molecular formula is C21H25N3O6. The van der Waals surface area contributed by atoms with Crippen molar-refractivity contribution in [2.75, 3.05) is 26.1 Å². The van der Waals surface area contributed by atoms with E-state index in [1.54, 1.807) is 39.2 Å². The molecule has 1 aliphatic carbocycles. The molecule has 0 bridgehead atoms. The molecular weight excluding hydrogens is 390 g/mol. The van der Waals surface area contributed by atoms with E-state index in [-0.39, 0.29) is 12.4 Å². The second-order valence-electron chi connectivity index (χ2n) is 6.62. The number of nitrogens with zero attached hydrogens (tertiary/aromatic N) is 1. The molecule has 2 N–H and O–H groups in total. The number of nitrogens with one attached hydrogen (secondary N) is 2. The summed E-state index contributed by atoms with van der Waals surface area (Å²) in [7, 11) is 3.07. The van der Waals surface area contributed by atoms with Gasteiger partial charge in [0, 0.05) is 23.6 Å². The number of fused-ring (bicyclic) bond motifs is 1. The van der Waals surface area contributed by atoms with Gasteiger partial charge in [-0.1, -0.05) is 0 Å².